The Balaban J connectivity index is 2.35. The molecule has 0 aliphatic heterocycles. The van der Waals surface area contributed by atoms with Crippen molar-refractivity contribution in [3.63, 3.8) is 0 Å². The van der Waals surface area contributed by atoms with Crippen molar-refractivity contribution in [2.75, 3.05) is 11.9 Å². The molecule has 110 valence electrons. The second kappa shape index (κ2) is 6.83. The smallest absolute Gasteiger partial charge is 0.172 e. The number of nitrogens with two attached hydrogens (primary N) is 1. The van der Waals surface area contributed by atoms with E-state index in [-0.39, 0.29) is 5.84 Å². The van der Waals surface area contributed by atoms with E-state index in [1.807, 2.05) is 42.3 Å². The Morgan fingerprint density at radius 3 is 2.71 bits per heavy atom. The average Bonchev–Trinajstić information content (AvgIpc) is 2.48. The number of hydrogen-bond acceptors (Lipinski definition) is 3. The number of hydrogen-bond donors (Lipinski definition) is 2. The lowest BCUT2D eigenvalue weighted by molar-refractivity contribution is 0.318. The topological polar surface area (TPSA) is 61.8 Å². The highest BCUT2D eigenvalue weighted by Gasteiger charge is 2.13. The van der Waals surface area contributed by atoms with Crippen LogP contribution in [-0.4, -0.2) is 18.1 Å². The number of benzene rings is 2. The molecule has 0 heterocycles. The second-order valence-electron chi connectivity index (χ2n) is 4.59. The summed E-state index contributed by atoms with van der Waals surface area (Å²) in [4.78, 5) is 2.02. The zero-order valence-corrected chi connectivity index (χ0v) is 13.8. The molecule has 0 aliphatic rings. The summed E-state index contributed by atoms with van der Waals surface area (Å²) < 4.78 is 1.04. The van der Waals surface area contributed by atoms with Gasteiger partial charge in [0.2, 0.25) is 0 Å². The third-order valence-corrected chi connectivity index (χ3v) is 4.13. The Hall–Kier alpha value is -1.72. The van der Waals surface area contributed by atoms with Crippen LogP contribution in [0, 0.1) is 0 Å². The van der Waals surface area contributed by atoms with Crippen LogP contribution in [0.25, 0.3) is 0 Å². The van der Waals surface area contributed by atoms with Gasteiger partial charge in [0.25, 0.3) is 0 Å². The van der Waals surface area contributed by atoms with Crippen LogP contribution in [0.3, 0.4) is 0 Å². The van der Waals surface area contributed by atoms with Gasteiger partial charge in [0.05, 0.1) is 0 Å². The maximum atomic E-state index is 8.91. The van der Waals surface area contributed by atoms with Crippen LogP contribution < -0.4 is 10.6 Å². The van der Waals surface area contributed by atoms with Gasteiger partial charge < -0.3 is 15.8 Å². The van der Waals surface area contributed by atoms with Crippen molar-refractivity contribution in [2.45, 2.75) is 6.54 Å². The second-order valence-corrected chi connectivity index (χ2v) is 5.88. The van der Waals surface area contributed by atoms with Crippen LogP contribution in [0.1, 0.15) is 11.1 Å². The molecule has 0 unspecified atom stereocenters. The Morgan fingerprint density at radius 2 is 2.05 bits per heavy atom. The van der Waals surface area contributed by atoms with Gasteiger partial charge in [-0.05, 0) is 29.8 Å². The molecule has 0 aliphatic carbocycles. The van der Waals surface area contributed by atoms with Crippen LogP contribution in [0.15, 0.2) is 52.1 Å². The van der Waals surface area contributed by atoms with Crippen LogP contribution in [-0.2, 0) is 6.54 Å². The summed E-state index contributed by atoms with van der Waals surface area (Å²) in [6, 6.07) is 13.3. The lowest BCUT2D eigenvalue weighted by Gasteiger charge is -2.23. The molecular formula is C15H15BrClN3O. The summed E-state index contributed by atoms with van der Waals surface area (Å²) in [5.74, 6) is 0.0338. The standard InChI is InChI=1S/C15H15BrClN3O/c1-20(9-10-4-2-3-5-13(10)16)14-7-6-11(17)8-12(14)15(18)19-21/h2-8,21H,9H2,1H3,(H2,18,19). The Morgan fingerprint density at radius 1 is 1.33 bits per heavy atom. The molecule has 6 heteroatoms. The molecule has 0 atom stereocenters. The lowest BCUT2D eigenvalue weighted by Crippen LogP contribution is -2.22. The van der Waals surface area contributed by atoms with Crippen molar-refractivity contribution in [2.24, 2.45) is 10.9 Å². The molecule has 0 spiro atoms. The van der Waals surface area contributed by atoms with Gasteiger partial charge in [0.1, 0.15) is 0 Å². The Labute approximate surface area is 136 Å². The number of nitrogens with zero attached hydrogens (tertiary/aromatic N) is 2. The van der Waals surface area contributed by atoms with Gasteiger partial charge in [0.15, 0.2) is 5.84 Å². The average molecular weight is 369 g/mol. The van der Waals surface area contributed by atoms with Crippen LogP contribution in [0.5, 0.6) is 0 Å². The molecule has 2 aromatic rings. The molecule has 0 amide bonds. The SMILES string of the molecule is CN(Cc1ccccc1Br)c1ccc(Cl)cc1C(N)=NO. The van der Waals surface area contributed by atoms with Crippen molar-refractivity contribution in [3.05, 3.63) is 63.1 Å². The lowest BCUT2D eigenvalue weighted by atomic mass is 10.1. The summed E-state index contributed by atoms with van der Waals surface area (Å²) in [6.45, 7) is 0.675. The van der Waals surface area contributed by atoms with E-state index in [1.54, 1.807) is 12.1 Å². The molecule has 0 fully saturated rings. The van der Waals surface area contributed by atoms with Gasteiger partial charge in [-0.25, -0.2) is 0 Å². The summed E-state index contributed by atoms with van der Waals surface area (Å²) in [6.07, 6.45) is 0. The van der Waals surface area contributed by atoms with Gasteiger partial charge in [-0.1, -0.05) is 50.9 Å². The van der Waals surface area contributed by atoms with E-state index in [0.29, 0.717) is 17.1 Å². The van der Waals surface area contributed by atoms with E-state index in [0.717, 1.165) is 15.7 Å². The summed E-state index contributed by atoms with van der Waals surface area (Å²) in [5, 5.41) is 12.5. The van der Waals surface area contributed by atoms with Crippen molar-refractivity contribution < 1.29 is 5.21 Å². The predicted molar refractivity (Wildman–Crippen MR) is 90.2 cm³/mol. The fraction of sp³-hybridized carbons (Fsp3) is 0.133. The molecule has 3 N–H and O–H groups in total. The number of halogens is 2. The predicted octanol–water partition coefficient (Wildman–Crippen LogP) is 3.83. The van der Waals surface area contributed by atoms with E-state index in [1.165, 1.54) is 0 Å². The van der Waals surface area contributed by atoms with Crippen molar-refractivity contribution in [1.82, 2.24) is 0 Å². The molecular weight excluding hydrogens is 354 g/mol. The van der Waals surface area contributed by atoms with E-state index in [9.17, 15) is 0 Å². The van der Waals surface area contributed by atoms with Gasteiger partial charge >= 0.3 is 0 Å². The Kier molecular flexibility index (Phi) is 5.09. The molecule has 0 saturated heterocycles. The van der Waals surface area contributed by atoms with Crippen molar-refractivity contribution >= 4 is 39.1 Å². The molecule has 2 aromatic carbocycles. The molecule has 0 saturated carbocycles. The van der Waals surface area contributed by atoms with Crippen LogP contribution in [0.2, 0.25) is 5.02 Å². The maximum absolute atomic E-state index is 8.91. The van der Waals surface area contributed by atoms with Gasteiger partial charge in [-0.3, -0.25) is 0 Å². The molecule has 4 nitrogen and oxygen atoms in total. The van der Waals surface area contributed by atoms with E-state index in [4.69, 9.17) is 22.5 Å². The van der Waals surface area contributed by atoms with Gasteiger partial charge in [0, 0.05) is 34.3 Å². The normalized spacial score (nSPS) is 11.5. The Bertz CT molecular complexity index is 676. The molecule has 0 aromatic heterocycles. The monoisotopic (exact) mass is 367 g/mol. The molecule has 21 heavy (non-hydrogen) atoms. The third kappa shape index (κ3) is 3.68. The maximum Gasteiger partial charge on any atom is 0.172 e. The summed E-state index contributed by atoms with van der Waals surface area (Å²) in [5.41, 5.74) is 8.30. The molecule has 0 radical (unpaired) electrons. The minimum atomic E-state index is 0.0338. The minimum Gasteiger partial charge on any atom is -0.409 e. The van der Waals surface area contributed by atoms with Crippen molar-refractivity contribution in [1.29, 1.82) is 0 Å². The van der Waals surface area contributed by atoms with Gasteiger partial charge in [-0.15, -0.1) is 0 Å². The number of oxime groups is 1. The summed E-state index contributed by atoms with van der Waals surface area (Å²) >= 11 is 9.52. The molecule has 2 rings (SSSR count). The van der Waals surface area contributed by atoms with E-state index >= 15 is 0 Å². The number of rotatable bonds is 4. The number of amidine groups is 1. The van der Waals surface area contributed by atoms with E-state index in [2.05, 4.69) is 21.1 Å². The first-order valence-corrected chi connectivity index (χ1v) is 7.42. The zero-order valence-electron chi connectivity index (χ0n) is 11.4. The van der Waals surface area contributed by atoms with Crippen molar-refractivity contribution in [3.8, 4) is 0 Å². The number of anilines is 1. The highest BCUT2D eigenvalue weighted by atomic mass is 79.9. The van der Waals surface area contributed by atoms with Gasteiger partial charge in [-0.2, -0.15) is 0 Å². The minimum absolute atomic E-state index is 0.0338. The fourth-order valence-electron chi connectivity index (χ4n) is 2.07. The van der Waals surface area contributed by atoms with Crippen LogP contribution >= 0.6 is 27.5 Å². The third-order valence-electron chi connectivity index (χ3n) is 3.12. The zero-order chi connectivity index (χ0) is 15.4. The van der Waals surface area contributed by atoms with Crippen LogP contribution in [0.4, 0.5) is 5.69 Å². The summed E-state index contributed by atoms with van der Waals surface area (Å²) in [7, 11) is 1.94. The molecule has 0 bridgehead atoms. The largest absolute Gasteiger partial charge is 0.409 e. The highest BCUT2D eigenvalue weighted by Crippen LogP contribution is 2.26. The van der Waals surface area contributed by atoms with E-state index < -0.39 is 0 Å². The quantitative estimate of drug-likeness (QED) is 0.373. The first-order chi connectivity index (χ1) is 10.0. The first-order valence-electron chi connectivity index (χ1n) is 6.25. The fourth-order valence-corrected chi connectivity index (χ4v) is 2.65. The first kappa shape index (κ1) is 15.7. The highest BCUT2D eigenvalue weighted by molar-refractivity contribution is 9.10.